The molecule has 0 spiro atoms. The Morgan fingerprint density at radius 2 is 1.38 bits per heavy atom. The number of anilines is 1. The quantitative estimate of drug-likeness (QED) is 0.333. The summed E-state index contributed by atoms with van der Waals surface area (Å²) in [6.45, 7) is 0. The average molecular weight is 467 g/mol. The first kappa shape index (κ1) is 23.2. The number of hydrogen-bond donors (Lipinski definition) is 0. The van der Waals surface area contributed by atoms with Crippen LogP contribution in [0, 0.1) is 0 Å². The van der Waals surface area contributed by atoms with Gasteiger partial charge in [0, 0.05) is 42.7 Å². The highest BCUT2D eigenvalue weighted by atomic mass is 19.4. The lowest BCUT2D eigenvalue weighted by atomic mass is 10.0. The molecule has 176 valence electrons. The summed E-state index contributed by atoms with van der Waals surface area (Å²) in [5, 5.41) is 0. The van der Waals surface area contributed by atoms with E-state index in [4.69, 9.17) is 9.47 Å². The Bertz CT molecular complexity index is 1260. The van der Waals surface area contributed by atoms with Gasteiger partial charge in [-0.2, -0.15) is 13.2 Å². The molecule has 0 amide bonds. The normalized spacial score (nSPS) is 11.4. The van der Waals surface area contributed by atoms with Crippen LogP contribution >= 0.6 is 0 Å². The predicted molar refractivity (Wildman–Crippen MR) is 127 cm³/mol. The topological polar surface area (TPSA) is 39.5 Å². The van der Waals surface area contributed by atoms with Crippen molar-refractivity contribution in [1.82, 2.24) is 9.55 Å². The summed E-state index contributed by atoms with van der Waals surface area (Å²) >= 11 is 0. The van der Waals surface area contributed by atoms with E-state index < -0.39 is 11.7 Å². The number of imidazole rings is 1. The van der Waals surface area contributed by atoms with Crippen molar-refractivity contribution in [3.8, 4) is 39.7 Å². The molecule has 0 bridgehead atoms. The zero-order valence-corrected chi connectivity index (χ0v) is 19.2. The van der Waals surface area contributed by atoms with E-state index in [0.717, 1.165) is 34.6 Å². The van der Waals surface area contributed by atoms with Crippen molar-refractivity contribution in [2.24, 2.45) is 0 Å². The molecule has 0 aliphatic heterocycles. The summed E-state index contributed by atoms with van der Waals surface area (Å²) in [4.78, 5) is 6.63. The zero-order valence-electron chi connectivity index (χ0n) is 19.2. The molecule has 8 heteroatoms. The van der Waals surface area contributed by atoms with E-state index in [1.54, 1.807) is 31.2 Å². The molecular weight excluding hydrogens is 443 g/mol. The van der Waals surface area contributed by atoms with E-state index in [2.05, 4.69) is 4.98 Å². The first-order valence-corrected chi connectivity index (χ1v) is 10.5. The second-order valence-electron chi connectivity index (χ2n) is 7.90. The summed E-state index contributed by atoms with van der Waals surface area (Å²) in [7, 11) is 7.05. The highest BCUT2D eigenvalue weighted by Gasteiger charge is 2.30. The summed E-state index contributed by atoms with van der Waals surface area (Å²) in [5.74, 6) is 1.21. The molecule has 0 unspecified atom stereocenters. The molecule has 0 fully saturated rings. The Hall–Kier alpha value is -3.94. The fourth-order valence-corrected chi connectivity index (χ4v) is 3.70. The van der Waals surface area contributed by atoms with Gasteiger partial charge < -0.3 is 14.4 Å². The Morgan fingerprint density at radius 3 is 1.88 bits per heavy atom. The van der Waals surface area contributed by atoms with Crippen LogP contribution in [-0.2, 0) is 6.18 Å². The lowest BCUT2D eigenvalue weighted by Gasteiger charge is -2.15. The number of benzene rings is 3. The minimum Gasteiger partial charge on any atom is -0.497 e. The van der Waals surface area contributed by atoms with Crippen LogP contribution in [0.4, 0.5) is 18.9 Å². The second kappa shape index (κ2) is 9.13. The summed E-state index contributed by atoms with van der Waals surface area (Å²) in [6.07, 6.45) is -2.79. The number of alkyl halides is 3. The average Bonchev–Trinajstić information content (AvgIpc) is 3.28. The van der Waals surface area contributed by atoms with Crippen LogP contribution in [0.25, 0.3) is 28.2 Å². The molecule has 4 aromatic rings. The van der Waals surface area contributed by atoms with Crippen LogP contribution in [0.2, 0.25) is 0 Å². The van der Waals surface area contributed by atoms with Crippen molar-refractivity contribution in [2.45, 2.75) is 6.18 Å². The van der Waals surface area contributed by atoms with E-state index in [1.165, 1.54) is 12.1 Å². The molecule has 0 radical (unpaired) electrons. The van der Waals surface area contributed by atoms with Crippen molar-refractivity contribution in [2.75, 3.05) is 33.2 Å². The third-order valence-corrected chi connectivity index (χ3v) is 5.52. The SMILES string of the molecule is COc1cc(OC)cc(-c2ncn(-c3ccc(C(F)(F)F)cc3)c2-c2ccc(N(C)C)cc2)c1. The molecule has 0 saturated heterocycles. The van der Waals surface area contributed by atoms with Crippen LogP contribution in [0.5, 0.6) is 11.5 Å². The van der Waals surface area contributed by atoms with Crippen molar-refractivity contribution < 1.29 is 22.6 Å². The summed E-state index contributed by atoms with van der Waals surface area (Å²) in [5.41, 5.74) is 3.89. The van der Waals surface area contributed by atoms with Gasteiger partial charge in [0.15, 0.2) is 0 Å². The Labute approximate surface area is 196 Å². The van der Waals surface area contributed by atoms with Gasteiger partial charge in [-0.05, 0) is 48.5 Å². The highest BCUT2D eigenvalue weighted by Crippen LogP contribution is 2.38. The van der Waals surface area contributed by atoms with Gasteiger partial charge in [0.1, 0.15) is 17.8 Å². The third kappa shape index (κ3) is 4.57. The van der Waals surface area contributed by atoms with Crippen LogP contribution in [0.3, 0.4) is 0 Å². The van der Waals surface area contributed by atoms with E-state index in [9.17, 15) is 13.2 Å². The largest absolute Gasteiger partial charge is 0.497 e. The second-order valence-corrected chi connectivity index (χ2v) is 7.90. The van der Waals surface area contributed by atoms with Gasteiger partial charge >= 0.3 is 6.18 Å². The molecule has 0 aliphatic rings. The Kier molecular flexibility index (Phi) is 6.24. The number of methoxy groups -OCH3 is 2. The first-order chi connectivity index (χ1) is 16.2. The third-order valence-electron chi connectivity index (χ3n) is 5.52. The maximum Gasteiger partial charge on any atom is 0.416 e. The molecule has 0 saturated carbocycles. The fraction of sp³-hybridized carbons (Fsp3) is 0.192. The smallest absolute Gasteiger partial charge is 0.416 e. The molecule has 5 nitrogen and oxygen atoms in total. The number of ether oxygens (including phenoxy) is 2. The van der Waals surface area contributed by atoms with Crippen molar-refractivity contribution in [3.05, 3.63) is 78.6 Å². The summed E-state index contributed by atoms with van der Waals surface area (Å²) in [6, 6.07) is 18.4. The molecule has 0 N–H and O–H groups in total. The van der Waals surface area contributed by atoms with Gasteiger partial charge in [-0.3, -0.25) is 4.57 Å². The van der Waals surface area contributed by atoms with Crippen LogP contribution in [0.1, 0.15) is 5.56 Å². The van der Waals surface area contributed by atoms with Crippen LogP contribution in [-0.4, -0.2) is 37.9 Å². The molecule has 1 aromatic heterocycles. The predicted octanol–water partition coefficient (Wildman–Crippen LogP) is 6.31. The van der Waals surface area contributed by atoms with Gasteiger partial charge in [0.2, 0.25) is 0 Å². The molecule has 0 atom stereocenters. The van der Waals surface area contributed by atoms with Crippen molar-refractivity contribution in [3.63, 3.8) is 0 Å². The maximum absolute atomic E-state index is 13.1. The van der Waals surface area contributed by atoms with E-state index in [1.807, 2.05) is 55.4 Å². The number of nitrogens with zero attached hydrogens (tertiary/aromatic N) is 3. The molecule has 3 aromatic carbocycles. The lowest BCUT2D eigenvalue weighted by molar-refractivity contribution is -0.137. The fourth-order valence-electron chi connectivity index (χ4n) is 3.70. The highest BCUT2D eigenvalue weighted by molar-refractivity contribution is 5.81. The molecule has 0 aliphatic carbocycles. The number of hydrogen-bond acceptors (Lipinski definition) is 4. The van der Waals surface area contributed by atoms with E-state index in [0.29, 0.717) is 22.9 Å². The van der Waals surface area contributed by atoms with Gasteiger partial charge in [-0.25, -0.2) is 4.98 Å². The molecule has 1 heterocycles. The number of rotatable bonds is 6. The lowest BCUT2D eigenvalue weighted by Crippen LogP contribution is -2.08. The van der Waals surface area contributed by atoms with Crippen molar-refractivity contribution >= 4 is 5.69 Å². The van der Waals surface area contributed by atoms with Gasteiger partial charge in [0.05, 0.1) is 31.2 Å². The molecule has 34 heavy (non-hydrogen) atoms. The Balaban J connectivity index is 1.91. The molecular formula is C26H24F3N3O2. The van der Waals surface area contributed by atoms with Gasteiger partial charge in [-0.1, -0.05) is 12.1 Å². The minimum absolute atomic E-state index is 0.563. The van der Waals surface area contributed by atoms with Crippen LogP contribution < -0.4 is 14.4 Å². The summed E-state index contributed by atoms with van der Waals surface area (Å²) < 4.78 is 51.9. The monoisotopic (exact) mass is 467 g/mol. The maximum atomic E-state index is 13.1. The van der Waals surface area contributed by atoms with E-state index >= 15 is 0 Å². The zero-order chi connectivity index (χ0) is 24.5. The number of halogens is 3. The van der Waals surface area contributed by atoms with Crippen molar-refractivity contribution in [1.29, 1.82) is 0 Å². The van der Waals surface area contributed by atoms with E-state index in [-0.39, 0.29) is 0 Å². The minimum atomic E-state index is -4.40. The number of aromatic nitrogens is 2. The Morgan fingerprint density at radius 1 is 0.794 bits per heavy atom. The molecule has 4 rings (SSSR count). The first-order valence-electron chi connectivity index (χ1n) is 10.5. The van der Waals surface area contributed by atoms with Crippen LogP contribution in [0.15, 0.2) is 73.1 Å². The van der Waals surface area contributed by atoms with Gasteiger partial charge in [-0.15, -0.1) is 0 Å². The standard InChI is InChI=1S/C26H24F3N3O2/c1-31(2)20-9-5-17(6-10-20)25-24(18-13-22(33-3)15-23(14-18)34-4)30-16-32(25)21-11-7-19(8-12-21)26(27,28)29/h5-16H,1-4H3. The van der Waals surface area contributed by atoms with Gasteiger partial charge in [0.25, 0.3) is 0 Å².